The van der Waals surface area contributed by atoms with Gasteiger partial charge in [-0.3, -0.25) is 4.57 Å². The van der Waals surface area contributed by atoms with Crippen molar-refractivity contribution < 1.29 is 4.42 Å². The molecule has 6 aromatic carbocycles. The molecule has 0 aliphatic rings. The van der Waals surface area contributed by atoms with Crippen LogP contribution in [0.4, 0.5) is 0 Å². The first-order valence-electron chi connectivity index (χ1n) is 14.1. The molecular formula is C38H23N3O. The van der Waals surface area contributed by atoms with Gasteiger partial charge in [-0.1, -0.05) is 103 Å². The van der Waals surface area contributed by atoms with Crippen molar-refractivity contribution >= 4 is 54.8 Å². The minimum absolute atomic E-state index is 0.529. The van der Waals surface area contributed by atoms with Gasteiger partial charge in [0.25, 0.3) is 0 Å². The Labute approximate surface area is 241 Å². The lowest BCUT2D eigenvalue weighted by Crippen LogP contribution is -2.03. The smallest absolute Gasteiger partial charge is 0.248 e. The summed E-state index contributed by atoms with van der Waals surface area (Å²) < 4.78 is 8.53. The van der Waals surface area contributed by atoms with Crippen molar-refractivity contribution in [3.05, 3.63) is 140 Å². The molecule has 0 amide bonds. The lowest BCUT2D eigenvalue weighted by atomic mass is 10.0. The molecule has 4 nitrogen and oxygen atoms in total. The Balaban J connectivity index is 1.42. The summed E-state index contributed by atoms with van der Waals surface area (Å²) >= 11 is 0. The monoisotopic (exact) mass is 537 g/mol. The summed E-state index contributed by atoms with van der Waals surface area (Å²) in [4.78, 5) is 10.6. The van der Waals surface area contributed by atoms with E-state index in [1.165, 1.54) is 21.5 Å². The second kappa shape index (κ2) is 8.88. The Kier molecular flexibility index (Phi) is 4.87. The molecule has 0 saturated carbocycles. The van der Waals surface area contributed by atoms with Gasteiger partial charge in [0.2, 0.25) is 5.71 Å². The molecule has 0 unspecified atom stereocenters. The highest BCUT2D eigenvalue weighted by Crippen LogP contribution is 2.39. The van der Waals surface area contributed by atoms with Gasteiger partial charge in [-0.15, -0.1) is 0 Å². The highest BCUT2D eigenvalue weighted by atomic mass is 16.3. The first-order chi connectivity index (χ1) is 20.8. The molecule has 42 heavy (non-hydrogen) atoms. The molecule has 0 N–H and O–H groups in total. The number of fused-ring (bicyclic) bond motifs is 7. The van der Waals surface area contributed by atoms with E-state index in [-0.39, 0.29) is 0 Å². The Morgan fingerprint density at radius 3 is 2.05 bits per heavy atom. The minimum Gasteiger partial charge on any atom is -0.436 e. The standard InChI is InChI=1S/C38H23N3O/c1-2-11-24(12-3-1)25-15-10-16-28(21-25)35-37(40-38-36(39-35)30-18-7-9-20-34(30)42-38)41-32-19-8-6-17-29(32)31-22-26-13-4-5-14-27(26)23-33(31)41/h1-23H. The van der Waals surface area contributed by atoms with Crippen LogP contribution in [0, 0.1) is 0 Å². The minimum atomic E-state index is 0.529. The molecule has 0 bridgehead atoms. The zero-order valence-electron chi connectivity index (χ0n) is 22.5. The van der Waals surface area contributed by atoms with E-state index in [4.69, 9.17) is 14.4 Å². The average Bonchev–Trinajstić information content (AvgIpc) is 3.58. The summed E-state index contributed by atoms with van der Waals surface area (Å²) in [6.07, 6.45) is 0. The number of rotatable bonds is 3. The van der Waals surface area contributed by atoms with Gasteiger partial charge in [0.1, 0.15) is 16.8 Å². The van der Waals surface area contributed by atoms with Gasteiger partial charge in [0.15, 0.2) is 5.82 Å². The van der Waals surface area contributed by atoms with Crippen LogP contribution in [0.1, 0.15) is 0 Å². The Morgan fingerprint density at radius 2 is 1.17 bits per heavy atom. The van der Waals surface area contributed by atoms with E-state index in [9.17, 15) is 0 Å². The average molecular weight is 538 g/mol. The van der Waals surface area contributed by atoms with Crippen molar-refractivity contribution in [2.75, 3.05) is 0 Å². The molecule has 196 valence electrons. The fourth-order valence-electron chi connectivity index (χ4n) is 6.22. The molecule has 9 rings (SSSR count). The summed E-state index contributed by atoms with van der Waals surface area (Å²) in [5.41, 5.74) is 8.33. The molecule has 3 aromatic heterocycles. The summed E-state index contributed by atoms with van der Waals surface area (Å²) in [5, 5.41) is 5.70. The summed E-state index contributed by atoms with van der Waals surface area (Å²) in [7, 11) is 0. The van der Waals surface area contributed by atoms with Gasteiger partial charge < -0.3 is 4.42 Å². The van der Waals surface area contributed by atoms with E-state index in [1.807, 2.05) is 30.3 Å². The van der Waals surface area contributed by atoms with Crippen LogP contribution in [0.5, 0.6) is 0 Å². The molecule has 0 radical (unpaired) electrons. The fraction of sp³-hybridized carbons (Fsp3) is 0. The van der Waals surface area contributed by atoms with Crippen molar-refractivity contribution in [2.24, 2.45) is 0 Å². The topological polar surface area (TPSA) is 43.9 Å². The van der Waals surface area contributed by atoms with Crippen molar-refractivity contribution in [2.45, 2.75) is 0 Å². The van der Waals surface area contributed by atoms with Crippen LogP contribution in [0.2, 0.25) is 0 Å². The zero-order valence-corrected chi connectivity index (χ0v) is 22.5. The van der Waals surface area contributed by atoms with E-state index < -0.39 is 0 Å². The third-order valence-corrected chi connectivity index (χ3v) is 8.19. The molecule has 3 heterocycles. The number of hydrogen-bond donors (Lipinski definition) is 0. The van der Waals surface area contributed by atoms with Gasteiger partial charge >= 0.3 is 0 Å². The Morgan fingerprint density at radius 1 is 0.476 bits per heavy atom. The second-order valence-electron chi connectivity index (χ2n) is 10.7. The van der Waals surface area contributed by atoms with Crippen LogP contribution in [0.15, 0.2) is 144 Å². The van der Waals surface area contributed by atoms with Gasteiger partial charge in [-0.05, 0) is 58.3 Å². The van der Waals surface area contributed by atoms with E-state index in [0.29, 0.717) is 5.71 Å². The van der Waals surface area contributed by atoms with E-state index in [2.05, 4.69) is 114 Å². The van der Waals surface area contributed by atoms with Crippen LogP contribution in [0.25, 0.3) is 83.0 Å². The largest absolute Gasteiger partial charge is 0.436 e. The maximum Gasteiger partial charge on any atom is 0.248 e. The van der Waals surface area contributed by atoms with Gasteiger partial charge in [-0.25, -0.2) is 4.98 Å². The highest BCUT2D eigenvalue weighted by molar-refractivity contribution is 6.14. The molecular weight excluding hydrogens is 514 g/mol. The van der Waals surface area contributed by atoms with Crippen LogP contribution in [0.3, 0.4) is 0 Å². The number of furan rings is 1. The quantitative estimate of drug-likeness (QED) is 0.225. The van der Waals surface area contributed by atoms with Crippen LogP contribution in [-0.2, 0) is 0 Å². The number of aromatic nitrogens is 3. The number of para-hydroxylation sites is 2. The lowest BCUT2D eigenvalue weighted by Gasteiger charge is -2.13. The van der Waals surface area contributed by atoms with Crippen molar-refractivity contribution in [3.63, 3.8) is 0 Å². The van der Waals surface area contributed by atoms with Crippen molar-refractivity contribution in [3.8, 4) is 28.2 Å². The summed E-state index contributed by atoms with van der Waals surface area (Å²) in [6.45, 7) is 0. The van der Waals surface area contributed by atoms with E-state index in [1.54, 1.807) is 0 Å². The SMILES string of the molecule is c1ccc(-c2cccc(-c3nc4c(nc3-n3c5ccccc5c5cc6ccccc6cc53)oc3ccccc34)c2)cc1. The number of hydrogen-bond acceptors (Lipinski definition) is 3. The summed E-state index contributed by atoms with van der Waals surface area (Å²) in [6, 6.07) is 48.6. The predicted octanol–water partition coefficient (Wildman–Crippen LogP) is 9.96. The summed E-state index contributed by atoms with van der Waals surface area (Å²) in [5.74, 6) is 0.744. The molecule has 0 fully saturated rings. The van der Waals surface area contributed by atoms with Gasteiger partial charge in [0.05, 0.1) is 11.0 Å². The molecule has 0 aliphatic carbocycles. The lowest BCUT2D eigenvalue weighted by molar-refractivity contribution is 0.652. The first-order valence-corrected chi connectivity index (χ1v) is 14.1. The van der Waals surface area contributed by atoms with Gasteiger partial charge in [0, 0.05) is 21.7 Å². The molecule has 4 heteroatoms. The third kappa shape index (κ3) is 3.42. The molecule has 9 aromatic rings. The maximum atomic E-state index is 6.28. The van der Waals surface area contributed by atoms with Gasteiger partial charge in [-0.2, -0.15) is 4.98 Å². The highest BCUT2D eigenvalue weighted by Gasteiger charge is 2.22. The molecule has 0 aliphatic heterocycles. The van der Waals surface area contributed by atoms with E-state index >= 15 is 0 Å². The van der Waals surface area contributed by atoms with Crippen molar-refractivity contribution in [1.82, 2.24) is 14.5 Å². The van der Waals surface area contributed by atoms with Crippen molar-refractivity contribution in [1.29, 1.82) is 0 Å². The van der Waals surface area contributed by atoms with Crippen LogP contribution < -0.4 is 0 Å². The zero-order chi connectivity index (χ0) is 27.6. The maximum absolute atomic E-state index is 6.28. The fourth-order valence-corrected chi connectivity index (χ4v) is 6.22. The predicted molar refractivity (Wildman–Crippen MR) is 172 cm³/mol. The van der Waals surface area contributed by atoms with Crippen LogP contribution in [-0.4, -0.2) is 14.5 Å². The Bertz CT molecular complexity index is 2470. The molecule has 0 saturated heterocycles. The normalized spacial score (nSPS) is 11.8. The molecule has 0 spiro atoms. The van der Waals surface area contributed by atoms with Crippen LogP contribution >= 0.6 is 0 Å². The molecule has 0 atom stereocenters. The number of benzene rings is 6. The van der Waals surface area contributed by atoms with E-state index in [0.717, 1.165) is 55.7 Å². The third-order valence-electron chi connectivity index (χ3n) is 8.19. The first kappa shape index (κ1) is 23.0. The number of nitrogens with zero attached hydrogens (tertiary/aromatic N) is 3. The Hall–Kier alpha value is -5.74. The second-order valence-corrected chi connectivity index (χ2v) is 10.7.